The van der Waals surface area contributed by atoms with E-state index in [0.29, 0.717) is 6.54 Å². The summed E-state index contributed by atoms with van der Waals surface area (Å²) in [5.41, 5.74) is 2.99. The van der Waals surface area contributed by atoms with E-state index in [4.69, 9.17) is 0 Å². The van der Waals surface area contributed by atoms with Crippen LogP contribution in [0.5, 0.6) is 0 Å². The van der Waals surface area contributed by atoms with Gasteiger partial charge in [0.25, 0.3) is 0 Å². The van der Waals surface area contributed by atoms with Crippen LogP contribution in [0.25, 0.3) is 11.0 Å². The lowest BCUT2D eigenvalue weighted by molar-refractivity contribution is 0.798. The van der Waals surface area contributed by atoms with Crippen LogP contribution >= 0.6 is 11.3 Å². The number of benzene rings is 1. The molecule has 3 rings (SSSR count). The summed E-state index contributed by atoms with van der Waals surface area (Å²) in [6.45, 7) is 2.66. The highest BCUT2D eigenvalue weighted by Crippen LogP contribution is 2.15. The molecule has 0 saturated carbocycles. The average Bonchev–Trinajstić information content (AvgIpc) is 2.88. The van der Waals surface area contributed by atoms with Gasteiger partial charge in [0.15, 0.2) is 0 Å². The summed E-state index contributed by atoms with van der Waals surface area (Å²) >= 11 is 1.67. The smallest absolute Gasteiger partial charge is 0.306 e. The Labute approximate surface area is 102 Å². The molecule has 0 bridgehead atoms. The van der Waals surface area contributed by atoms with Crippen molar-refractivity contribution in [2.45, 2.75) is 13.5 Å². The van der Waals surface area contributed by atoms with Crippen molar-refractivity contribution in [3.8, 4) is 0 Å². The lowest BCUT2D eigenvalue weighted by Gasteiger charge is -2.01. The van der Waals surface area contributed by atoms with Crippen molar-refractivity contribution >= 4 is 22.4 Å². The predicted molar refractivity (Wildman–Crippen MR) is 70.7 cm³/mol. The standard InChI is InChI=1S/C13H12N2OS/c1-9-4-5-12-11(7-9)14-13(16)15(12)8-10-3-2-6-17-10/h2-7H,8H2,1H3,(H,14,16). The van der Waals surface area contributed by atoms with E-state index in [2.05, 4.69) is 4.98 Å². The number of nitrogens with one attached hydrogen (secondary N) is 1. The van der Waals surface area contributed by atoms with E-state index in [1.165, 1.54) is 4.88 Å². The Morgan fingerprint density at radius 1 is 1.35 bits per heavy atom. The van der Waals surface area contributed by atoms with Crippen molar-refractivity contribution in [3.05, 3.63) is 56.6 Å². The molecular formula is C13H12N2OS. The molecule has 86 valence electrons. The number of aryl methyl sites for hydroxylation is 1. The first-order chi connectivity index (χ1) is 8.24. The van der Waals surface area contributed by atoms with Crippen LogP contribution < -0.4 is 5.69 Å². The molecule has 3 nitrogen and oxygen atoms in total. The Balaban J connectivity index is 2.16. The molecule has 0 aliphatic rings. The second kappa shape index (κ2) is 3.89. The van der Waals surface area contributed by atoms with Crippen molar-refractivity contribution in [2.24, 2.45) is 0 Å². The van der Waals surface area contributed by atoms with Crippen LogP contribution in [0, 0.1) is 6.92 Å². The summed E-state index contributed by atoms with van der Waals surface area (Å²) < 4.78 is 1.78. The second-order valence-electron chi connectivity index (χ2n) is 4.12. The highest BCUT2D eigenvalue weighted by molar-refractivity contribution is 7.09. The van der Waals surface area contributed by atoms with Crippen LogP contribution in [0.1, 0.15) is 10.4 Å². The van der Waals surface area contributed by atoms with E-state index in [-0.39, 0.29) is 5.69 Å². The number of H-pyrrole nitrogens is 1. The Bertz CT molecular complexity index is 707. The van der Waals surface area contributed by atoms with E-state index in [1.807, 2.05) is 42.6 Å². The Hall–Kier alpha value is -1.81. The van der Waals surface area contributed by atoms with Gasteiger partial charge in [0.2, 0.25) is 0 Å². The first-order valence-corrected chi connectivity index (χ1v) is 6.33. The van der Waals surface area contributed by atoms with Crippen molar-refractivity contribution < 1.29 is 0 Å². The van der Waals surface area contributed by atoms with Gasteiger partial charge < -0.3 is 4.98 Å². The summed E-state index contributed by atoms with van der Waals surface area (Å²) in [5.74, 6) is 0. The number of fused-ring (bicyclic) bond motifs is 1. The normalized spacial score (nSPS) is 11.1. The minimum Gasteiger partial charge on any atom is -0.306 e. The van der Waals surface area contributed by atoms with Crippen LogP contribution in [-0.2, 0) is 6.54 Å². The number of thiophene rings is 1. The molecule has 0 fully saturated rings. The third-order valence-electron chi connectivity index (χ3n) is 2.82. The van der Waals surface area contributed by atoms with Crippen LogP contribution in [0.3, 0.4) is 0 Å². The van der Waals surface area contributed by atoms with Gasteiger partial charge >= 0.3 is 5.69 Å². The summed E-state index contributed by atoms with van der Waals surface area (Å²) in [5, 5.41) is 2.03. The van der Waals surface area contributed by atoms with Crippen molar-refractivity contribution in [3.63, 3.8) is 0 Å². The van der Waals surface area contributed by atoms with Gasteiger partial charge in [-0.25, -0.2) is 4.79 Å². The van der Waals surface area contributed by atoms with Gasteiger partial charge in [-0.15, -0.1) is 11.3 Å². The maximum atomic E-state index is 11.9. The van der Waals surface area contributed by atoms with Gasteiger partial charge in [-0.3, -0.25) is 4.57 Å². The fourth-order valence-electron chi connectivity index (χ4n) is 1.99. The molecule has 1 aromatic carbocycles. The van der Waals surface area contributed by atoms with Gasteiger partial charge in [0, 0.05) is 4.88 Å². The Morgan fingerprint density at radius 2 is 2.24 bits per heavy atom. The number of aromatic nitrogens is 2. The van der Waals surface area contributed by atoms with E-state index in [1.54, 1.807) is 15.9 Å². The maximum absolute atomic E-state index is 11.9. The molecule has 3 aromatic rings. The summed E-state index contributed by atoms with van der Waals surface area (Å²) in [7, 11) is 0. The topological polar surface area (TPSA) is 37.8 Å². The largest absolute Gasteiger partial charge is 0.326 e. The molecule has 0 aliphatic carbocycles. The van der Waals surface area contributed by atoms with Crippen LogP contribution in [0.15, 0.2) is 40.5 Å². The maximum Gasteiger partial charge on any atom is 0.326 e. The van der Waals surface area contributed by atoms with Gasteiger partial charge in [0.05, 0.1) is 17.6 Å². The minimum atomic E-state index is -0.0426. The van der Waals surface area contributed by atoms with Crippen molar-refractivity contribution in [1.82, 2.24) is 9.55 Å². The van der Waals surface area contributed by atoms with E-state index in [9.17, 15) is 4.79 Å². The van der Waals surface area contributed by atoms with Crippen LogP contribution in [0.4, 0.5) is 0 Å². The number of hydrogen-bond donors (Lipinski definition) is 1. The molecule has 2 aromatic heterocycles. The zero-order chi connectivity index (χ0) is 11.8. The number of hydrogen-bond acceptors (Lipinski definition) is 2. The van der Waals surface area contributed by atoms with E-state index in [0.717, 1.165) is 16.6 Å². The lowest BCUT2D eigenvalue weighted by Crippen LogP contribution is -2.16. The van der Waals surface area contributed by atoms with Crippen molar-refractivity contribution in [2.75, 3.05) is 0 Å². The van der Waals surface area contributed by atoms with Gasteiger partial charge in [-0.05, 0) is 36.1 Å². The highest BCUT2D eigenvalue weighted by Gasteiger charge is 2.07. The zero-order valence-electron chi connectivity index (χ0n) is 9.43. The molecule has 4 heteroatoms. The second-order valence-corrected chi connectivity index (χ2v) is 5.15. The molecule has 0 saturated heterocycles. The van der Waals surface area contributed by atoms with Gasteiger partial charge in [0.1, 0.15) is 0 Å². The fraction of sp³-hybridized carbons (Fsp3) is 0.154. The summed E-state index contributed by atoms with van der Waals surface area (Å²) in [4.78, 5) is 16.0. The molecular weight excluding hydrogens is 232 g/mol. The number of rotatable bonds is 2. The van der Waals surface area contributed by atoms with Crippen LogP contribution in [0.2, 0.25) is 0 Å². The molecule has 2 heterocycles. The van der Waals surface area contributed by atoms with E-state index < -0.39 is 0 Å². The zero-order valence-corrected chi connectivity index (χ0v) is 10.3. The molecule has 0 aliphatic heterocycles. The van der Waals surface area contributed by atoms with Crippen LogP contribution in [-0.4, -0.2) is 9.55 Å². The SMILES string of the molecule is Cc1ccc2c(c1)[nH]c(=O)n2Cc1cccs1. The molecule has 0 spiro atoms. The van der Waals surface area contributed by atoms with Crippen molar-refractivity contribution in [1.29, 1.82) is 0 Å². The quantitative estimate of drug-likeness (QED) is 0.739. The molecule has 0 unspecified atom stereocenters. The monoisotopic (exact) mass is 244 g/mol. The third kappa shape index (κ3) is 1.80. The van der Waals surface area contributed by atoms with Gasteiger partial charge in [-0.2, -0.15) is 0 Å². The number of imidazole rings is 1. The lowest BCUT2D eigenvalue weighted by atomic mass is 10.2. The number of nitrogens with zero attached hydrogens (tertiary/aromatic N) is 1. The first-order valence-electron chi connectivity index (χ1n) is 5.45. The predicted octanol–water partition coefficient (Wildman–Crippen LogP) is 2.75. The number of aromatic amines is 1. The molecule has 17 heavy (non-hydrogen) atoms. The Kier molecular flexibility index (Phi) is 2.37. The fourth-order valence-corrected chi connectivity index (χ4v) is 2.69. The first kappa shape index (κ1) is 10.4. The molecule has 1 N–H and O–H groups in total. The summed E-state index contributed by atoms with van der Waals surface area (Å²) in [6, 6.07) is 10.1. The molecule has 0 amide bonds. The van der Waals surface area contributed by atoms with E-state index >= 15 is 0 Å². The molecule has 0 atom stereocenters. The average molecular weight is 244 g/mol. The Morgan fingerprint density at radius 3 is 3.00 bits per heavy atom. The molecule has 0 radical (unpaired) electrons. The highest BCUT2D eigenvalue weighted by atomic mass is 32.1. The minimum absolute atomic E-state index is 0.0426. The summed E-state index contributed by atoms with van der Waals surface area (Å²) in [6.07, 6.45) is 0. The third-order valence-corrected chi connectivity index (χ3v) is 3.68. The van der Waals surface area contributed by atoms with Gasteiger partial charge in [-0.1, -0.05) is 12.1 Å².